The largest absolute Gasteiger partial charge is 0.488 e. The Labute approximate surface area is 181 Å². The van der Waals surface area contributed by atoms with Crippen LogP contribution in [0.1, 0.15) is 15.9 Å². The van der Waals surface area contributed by atoms with Gasteiger partial charge in [0, 0.05) is 24.8 Å². The zero-order chi connectivity index (χ0) is 21.7. The van der Waals surface area contributed by atoms with Gasteiger partial charge in [-0.05, 0) is 48.0 Å². The highest BCUT2D eigenvalue weighted by Crippen LogP contribution is 2.25. The first-order valence-electron chi connectivity index (χ1n) is 9.07. The third-order valence-corrected chi connectivity index (χ3v) is 6.34. The molecule has 0 heterocycles. The number of amides is 1. The van der Waals surface area contributed by atoms with Crippen LogP contribution in [-0.2, 0) is 16.6 Å². The van der Waals surface area contributed by atoms with Gasteiger partial charge in [0.2, 0.25) is 10.0 Å². The summed E-state index contributed by atoms with van der Waals surface area (Å²) in [5.74, 6) is -0.0173. The van der Waals surface area contributed by atoms with Gasteiger partial charge >= 0.3 is 0 Å². The summed E-state index contributed by atoms with van der Waals surface area (Å²) < 4.78 is 31.6. The predicted octanol–water partition coefficient (Wildman–Crippen LogP) is 4.42. The molecule has 0 fully saturated rings. The maximum Gasteiger partial charge on any atom is 0.259 e. The lowest BCUT2D eigenvalue weighted by atomic mass is 10.1. The van der Waals surface area contributed by atoms with Gasteiger partial charge in [0.1, 0.15) is 12.4 Å². The van der Waals surface area contributed by atoms with Gasteiger partial charge in [0.15, 0.2) is 0 Å². The topological polar surface area (TPSA) is 75.7 Å². The summed E-state index contributed by atoms with van der Waals surface area (Å²) in [6.45, 7) is 0.0873. The molecule has 1 amide bonds. The van der Waals surface area contributed by atoms with Crippen molar-refractivity contribution in [2.45, 2.75) is 11.5 Å². The highest BCUT2D eigenvalue weighted by atomic mass is 35.5. The molecule has 0 aromatic heterocycles. The van der Waals surface area contributed by atoms with E-state index >= 15 is 0 Å². The molecule has 156 valence electrons. The number of carbonyl (C=O) groups excluding carboxylic acids is 1. The van der Waals surface area contributed by atoms with E-state index in [1.807, 2.05) is 18.2 Å². The smallest absolute Gasteiger partial charge is 0.259 e. The van der Waals surface area contributed by atoms with Gasteiger partial charge in [-0.3, -0.25) is 4.79 Å². The van der Waals surface area contributed by atoms with Crippen molar-refractivity contribution in [1.29, 1.82) is 0 Å². The van der Waals surface area contributed by atoms with Crippen LogP contribution in [0.4, 0.5) is 5.69 Å². The lowest BCUT2D eigenvalue weighted by Crippen LogP contribution is -2.22. The van der Waals surface area contributed by atoms with Crippen LogP contribution in [0, 0.1) is 0 Å². The average Bonchev–Trinajstić information content (AvgIpc) is 2.73. The van der Waals surface area contributed by atoms with Crippen molar-refractivity contribution in [3.8, 4) is 5.75 Å². The predicted molar refractivity (Wildman–Crippen MR) is 117 cm³/mol. The molecule has 0 spiro atoms. The summed E-state index contributed by atoms with van der Waals surface area (Å²) in [4.78, 5) is 12.9. The van der Waals surface area contributed by atoms with Gasteiger partial charge in [-0.25, -0.2) is 12.7 Å². The molecule has 1 N–H and O–H groups in total. The minimum absolute atomic E-state index is 0.0873. The van der Waals surface area contributed by atoms with Gasteiger partial charge < -0.3 is 10.1 Å². The molecule has 0 aliphatic carbocycles. The Kier molecular flexibility index (Phi) is 6.77. The van der Waals surface area contributed by atoms with Gasteiger partial charge in [-0.1, -0.05) is 41.9 Å². The number of hydrogen-bond donors (Lipinski definition) is 1. The van der Waals surface area contributed by atoms with Crippen LogP contribution in [0.3, 0.4) is 0 Å². The Morgan fingerprint density at radius 3 is 2.43 bits per heavy atom. The van der Waals surface area contributed by atoms with E-state index in [1.54, 1.807) is 42.5 Å². The molecule has 30 heavy (non-hydrogen) atoms. The van der Waals surface area contributed by atoms with Crippen LogP contribution < -0.4 is 10.1 Å². The van der Waals surface area contributed by atoms with Crippen LogP contribution in [-0.4, -0.2) is 32.7 Å². The third-order valence-electron chi connectivity index (χ3n) is 4.29. The number of halogens is 1. The lowest BCUT2D eigenvalue weighted by molar-refractivity contribution is 0.102. The van der Waals surface area contributed by atoms with E-state index in [9.17, 15) is 13.2 Å². The number of rotatable bonds is 7. The molecular weight excluding hydrogens is 424 g/mol. The Bertz CT molecular complexity index is 1150. The van der Waals surface area contributed by atoms with Crippen molar-refractivity contribution >= 4 is 33.2 Å². The molecule has 0 unspecified atom stereocenters. The molecule has 6 nitrogen and oxygen atoms in total. The molecule has 3 aromatic rings. The fraction of sp³-hybridized carbons (Fsp3) is 0.136. The molecule has 0 saturated heterocycles. The molecule has 0 saturated carbocycles. The first-order chi connectivity index (χ1) is 14.3. The van der Waals surface area contributed by atoms with E-state index in [4.69, 9.17) is 16.3 Å². The van der Waals surface area contributed by atoms with Crippen molar-refractivity contribution in [3.05, 3.63) is 88.9 Å². The van der Waals surface area contributed by atoms with Crippen molar-refractivity contribution in [2.75, 3.05) is 19.4 Å². The number of ether oxygens (including phenoxy) is 1. The number of carbonyl (C=O) groups is 1. The second-order valence-corrected chi connectivity index (χ2v) is 9.27. The summed E-state index contributed by atoms with van der Waals surface area (Å²) >= 11 is 6.07. The van der Waals surface area contributed by atoms with Crippen LogP contribution in [0.5, 0.6) is 5.75 Å². The van der Waals surface area contributed by atoms with Crippen LogP contribution >= 0.6 is 11.6 Å². The number of para-hydroxylation sites is 1. The highest BCUT2D eigenvalue weighted by Gasteiger charge is 2.18. The van der Waals surface area contributed by atoms with E-state index < -0.39 is 10.0 Å². The minimum atomic E-state index is -3.55. The van der Waals surface area contributed by atoms with E-state index in [0.717, 1.165) is 4.31 Å². The number of sulfonamides is 1. The Morgan fingerprint density at radius 2 is 1.73 bits per heavy atom. The summed E-state index contributed by atoms with van der Waals surface area (Å²) in [5, 5.41) is 3.21. The van der Waals surface area contributed by atoms with Crippen LogP contribution in [0.25, 0.3) is 0 Å². The maximum atomic E-state index is 12.7. The van der Waals surface area contributed by atoms with Gasteiger partial charge in [-0.2, -0.15) is 0 Å². The second kappa shape index (κ2) is 9.30. The number of hydrogen-bond acceptors (Lipinski definition) is 4. The first-order valence-corrected chi connectivity index (χ1v) is 10.9. The van der Waals surface area contributed by atoms with Crippen molar-refractivity contribution in [3.63, 3.8) is 0 Å². The Balaban J connectivity index is 1.80. The van der Waals surface area contributed by atoms with Crippen molar-refractivity contribution in [1.82, 2.24) is 4.31 Å². The average molecular weight is 445 g/mol. The first kappa shape index (κ1) is 21.8. The minimum Gasteiger partial charge on any atom is -0.488 e. The lowest BCUT2D eigenvalue weighted by Gasteiger charge is -2.14. The molecule has 0 aliphatic heterocycles. The normalized spacial score (nSPS) is 11.3. The Hall–Kier alpha value is -2.87. The fourth-order valence-corrected chi connectivity index (χ4v) is 3.84. The van der Waals surface area contributed by atoms with Gasteiger partial charge in [-0.15, -0.1) is 0 Å². The quantitative estimate of drug-likeness (QED) is 0.585. The van der Waals surface area contributed by atoms with Crippen molar-refractivity contribution < 1.29 is 17.9 Å². The maximum absolute atomic E-state index is 12.7. The molecule has 3 rings (SSSR count). The molecule has 0 radical (unpaired) electrons. The monoisotopic (exact) mass is 444 g/mol. The summed E-state index contributed by atoms with van der Waals surface area (Å²) in [7, 11) is -0.596. The molecule has 3 aromatic carbocycles. The van der Waals surface area contributed by atoms with Gasteiger partial charge in [0.25, 0.3) is 5.91 Å². The number of anilines is 1. The van der Waals surface area contributed by atoms with Gasteiger partial charge in [0.05, 0.1) is 10.5 Å². The molecular formula is C22H21ClN2O4S. The SMILES string of the molecule is CN(C)S(=O)(=O)c1cccc(COc2ccc(Cl)cc2C(=O)Nc2ccccc2)c1. The summed E-state index contributed by atoms with van der Waals surface area (Å²) in [6, 6.07) is 20.3. The highest BCUT2D eigenvalue weighted by molar-refractivity contribution is 7.89. The molecule has 0 aliphatic rings. The molecule has 0 atom stereocenters. The van der Waals surface area contributed by atoms with E-state index in [-0.39, 0.29) is 23.0 Å². The Morgan fingerprint density at radius 1 is 1.00 bits per heavy atom. The van der Waals surface area contributed by atoms with Crippen molar-refractivity contribution in [2.24, 2.45) is 0 Å². The fourth-order valence-electron chi connectivity index (χ4n) is 2.69. The number of nitrogens with zero attached hydrogens (tertiary/aromatic N) is 1. The van der Waals surface area contributed by atoms with E-state index in [0.29, 0.717) is 22.0 Å². The number of nitrogens with one attached hydrogen (secondary N) is 1. The molecule has 0 bridgehead atoms. The molecule has 8 heteroatoms. The zero-order valence-electron chi connectivity index (χ0n) is 16.5. The van der Waals surface area contributed by atoms with Crippen LogP contribution in [0.2, 0.25) is 5.02 Å². The third kappa shape index (κ3) is 5.18. The van der Waals surface area contributed by atoms with E-state index in [2.05, 4.69) is 5.32 Å². The van der Waals surface area contributed by atoms with E-state index in [1.165, 1.54) is 26.2 Å². The number of benzene rings is 3. The second-order valence-electron chi connectivity index (χ2n) is 6.68. The summed E-state index contributed by atoms with van der Waals surface area (Å²) in [6.07, 6.45) is 0. The summed E-state index contributed by atoms with van der Waals surface area (Å²) in [5.41, 5.74) is 1.58. The zero-order valence-corrected chi connectivity index (χ0v) is 18.1. The standard InChI is InChI=1S/C22H21ClN2O4S/c1-25(2)30(27,28)19-10-6-7-16(13-19)15-29-21-12-11-17(23)14-20(21)22(26)24-18-8-4-3-5-9-18/h3-14H,15H2,1-2H3,(H,24,26). The van der Waals surface area contributed by atoms with Crippen LogP contribution in [0.15, 0.2) is 77.7 Å².